The predicted molar refractivity (Wildman–Crippen MR) is 75.0 cm³/mol. The van der Waals surface area contributed by atoms with Crippen molar-refractivity contribution in [1.29, 1.82) is 0 Å². The SMILES string of the molecule is CN(CCc1ccsc1)CC(=O)N1CCNCC1. The maximum absolute atomic E-state index is 12.0. The summed E-state index contributed by atoms with van der Waals surface area (Å²) in [5.41, 5.74) is 1.36. The molecule has 1 aliphatic rings. The highest BCUT2D eigenvalue weighted by Gasteiger charge is 2.17. The third-order valence-electron chi connectivity index (χ3n) is 3.24. The third kappa shape index (κ3) is 4.08. The standard InChI is InChI=1S/C13H21N3OS/c1-15(6-2-12-3-9-18-11-12)10-13(17)16-7-4-14-5-8-16/h3,9,11,14H,2,4-8,10H2,1H3. The molecule has 2 heterocycles. The molecule has 1 aromatic heterocycles. The Balaban J connectivity index is 1.69. The first-order valence-corrected chi connectivity index (χ1v) is 7.38. The number of carbonyl (C=O) groups is 1. The van der Waals surface area contributed by atoms with Crippen molar-refractivity contribution >= 4 is 17.2 Å². The smallest absolute Gasteiger partial charge is 0.236 e. The molecule has 0 bridgehead atoms. The Bertz CT molecular complexity index is 360. The molecular formula is C13H21N3OS. The fourth-order valence-corrected chi connectivity index (χ4v) is 2.78. The van der Waals surface area contributed by atoms with Crippen molar-refractivity contribution < 1.29 is 4.79 Å². The molecule has 1 amide bonds. The zero-order valence-corrected chi connectivity index (χ0v) is 11.7. The highest BCUT2D eigenvalue weighted by Crippen LogP contribution is 2.07. The first-order valence-electron chi connectivity index (χ1n) is 6.44. The number of amides is 1. The van der Waals surface area contributed by atoms with E-state index in [9.17, 15) is 4.79 Å². The van der Waals surface area contributed by atoms with Crippen LogP contribution < -0.4 is 5.32 Å². The minimum atomic E-state index is 0.254. The van der Waals surface area contributed by atoms with E-state index in [0.717, 1.165) is 39.1 Å². The first-order chi connectivity index (χ1) is 8.75. The molecule has 100 valence electrons. The van der Waals surface area contributed by atoms with Crippen molar-refractivity contribution in [2.75, 3.05) is 46.3 Å². The maximum atomic E-state index is 12.0. The van der Waals surface area contributed by atoms with Crippen LogP contribution >= 0.6 is 11.3 Å². The average molecular weight is 267 g/mol. The predicted octanol–water partition coefficient (Wildman–Crippen LogP) is 0.654. The monoisotopic (exact) mass is 267 g/mol. The second-order valence-electron chi connectivity index (χ2n) is 4.75. The number of thiophene rings is 1. The van der Waals surface area contributed by atoms with Crippen LogP contribution in [0.5, 0.6) is 0 Å². The van der Waals surface area contributed by atoms with Crippen LogP contribution in [0.4, 0.5) is 0 Å². The van der Waals surface area contributed by atoms with Crippen LogP contribution in [-0.2, 0) is 11.2 Å². The fourth-order valence-electron chi connectivity index (χ4n) is 2.08. The summed E-state index contributed by atoms with van der Waals surface area (Å²) in [6.45, 7) is 5.00. The van der Waals surface area contributed by atoms with E-state index in [2.05, 4.69) is 27.0 Å². The Morgan fingerprint density at radius 1 is 1.50 bits per heavy atom. The van der Waals surface area contributed by atoms with Gasteiger partial charge in [-0.05, 0) is 35.9 Å². The second-order valence-corrected chi connectivity index (χ2v) is 5.53. The fraction of sp³-hybridized carbons (Fsp3) is 0.615. The van der Waals surface area contributed by atoms with Crippen LogP contribution in [0, 0.1) is 0 Å². The highest BCUT2D eigenvalue weighted by atomic mass is 32.1. The molecule has 0 atom stereocenters. The van der Waals surface area contributed by atoms with Gasteiger partial charge >= 0.3 is 0 Å². The summed E-state index contributed by atoms with van der Waals surface area (Å²) in [5.74, 6) is 0.254. The minimum absolute atomic E-state index is 0.254. The largest absolute Gasteiger partial charge is 0.339 e. The molecule has 1 aliphatic heterocycles. The molecule has 1 N–H and O–H groups in total. The van der Waals surface area contributed by atoms with E-state index in [0.29, 0.717) is 6.54 Å². The van der Waals surface area contributed by atoms with E-state index < -0.39 is 0 Å². The van der Waals surface area contributed by atoms with Gasteiger partial charge in [-0.3, -0.25) is 9.69 Å². The maximum Gasteiger partial charge on any atom is 0.236 e. The Morgan fingerprint density at radius 2 is 2.28 bits per heavy atom. The molecule has 4 nitrogen and oxygen atoms in total. The summed E-state index contributed by atoms with van der Waals surface area (Å²) in [5, 5.41) is 7.53. The van der Waals surface area contributed by atoms with Gasteiger partial charge in [-0.2, -0.15) is 11.3 Å². The lowest BCUT2D eigenvalue weighted by atomic mass is 10.2. The topological polar surface area (TPSA) is 35.6 Å². The van der Waals surface area contributed by atoms with Crippen LogP contribution in [0.2, 0.25) is 0 Å². The molecule has 1 fully saturated rings. The van der Waals surface area contributed by atoms with Crippen LogP contribution in [0.25, 0.3) is 0 Å². The van der Waals surface area contributed by atoms with Crippen LogP contribution in [0.15, 0.2) is 16.8 Å². The molecular weight excluding hydrogens is 246 g/mol. The number of hydrogen-bond acceptors (Lipinski definition) is 4. The zero-order valence-electron chi connectivity index (χ0n) is 10.9. The number of carbonyl (C=O) groups excluding carboxylic acids is 1. The van der Waals surface area contributed by atoms with E-state index >= 15 is 0 Å². The molecule has 0 radical (unpaired) electrons. The van der Waals surface area contributed by atoms with Gasteiger partial charge in [0.05, 0.1) is 6.54 Å². The lowest BCUT2D eigenvalue weighted by molar-refractivity contribution is -0.132. The molecule has 1 saturated heterocycles. The molecule has 18 heavy (non-hydrogen) atoms. The Hall–Kier alpha value is -0.910. The number of nitrogens with zero attached hydrogens (tertiary/aromatic N) is 2. The zero-order chi connectivity index (χ0) is 12.8. The summed E-state index contributed by atoms with van der Waals surface area (Å²) in [6.07, 6.45) is 1.02. The summed E-state index contributed by atoms with van der Waals surface area (Å²) < 4.78 is 0. The van der Waals surface area contributed by atoms with E-state index in [1.807, 2.05) is 11.9 Å². The minimum Gasteiger partial charge on any atom is -0.339 e. The summed E-state index contributed by atoms with van der Waals surface area (Å²) in [6, 6.07) is 2.15. The van der Waals surface area contributed by atoms with Crippen LogP contribution in [0.3, 0.4) is 0 Å². The summed E-state index contributed by atoms with van der Waals surface area (Å²) in [4.78, 5) is 16.1. The van der Waals surface area contributed by atoms with Gasteiger partial charge in [-0.15, -0.1) is 0 Å². The van der Waals surface area contributed by atoms with Gasteiger partial charge in [0.1, 0.15) is 0 Å². The van der Waals surface area contributed by atoms with E-state index in [1.54, 1.807) is 11.3 Å². The van der Waals surface area contributed by atoms with Crippen molar-refractivity contribution in [2.45, 2.75) is 6.42 Å². The normalized spacial score (nSPS) is 16.2. The van der Waals surface area contributed by atoms with E-state index in [4.69, 9.17) is 0 Å². The Morgan fingerprint density at radius 3 is 2.94 bits per heavy atom. The van der Waals surface area contributed by atoms with Crippen LogP contribution in [-0.4, -0.2) is 62.0 Å². The number of likely N-dealkylation sites (N-methyl/N-ethyl adjacent to an activating group) is 1. The molecule has 0 aromatic carbocycles. The van der Waals surface area contributed by atoms with Gasteiger partial charge in [0, 0.05) is 32.7 Å². The van der Waals surface area contributed by atoms with Crippen molar-refractivity contribution in [3.05, 3.63) is 22.4 Å². The molecule has 0 unspecified atom stereocenters. The van der Waals surface area contributed by atoms with E-state index in [-0.39, 0.29) is 5.91 Å². The third-order valence-corrected chi connectivity index (χ3v) is 3.97. The van der Waals surface area contributed by atoms with Gasteiger partial charge in [0.15, 0.2) is 0 Å². The molecule has 0 aliphatic carbocycles. The molecule has 2 rings (SSSR count). The number of piperazine rings is 1. The summed E-state index contributed by atoms with van der Waals surface area (Å²) >= 11 is 1.73. The quantitative estimate of drug-likeness (QED) is 0.851. The number of rotatable bonds is 5. The van der Waals surface area contributed by atoms with Gasteiger partial charge < -0.3 is 10.2 Å². The Labute approximate surface area is 113 Å². The van der Waals surface area contributed by atoms with Crippen LogP contribution in [0.1, 0.15) is 5.56 Å². The van der Waals surface area contributed by atoms with E-state index in [1.165, 1.54) is 5.56 Å². The van der Waals surface area contributed by atoms with Crippen molar-refractivity contribution in [2.24, 2.45) is 0 Å². The first kappa shape index (κ1) is 13.5. The number of nitrogens with one attached hydrogen (secondary N) is 1. The van der Waals surface area contributed by atoms with Gasteiger partial charge in [0.25, 0.3) is 0 Å². The van der Waals surface area contributed by atoms with Gasteiger partial charge in [0.2, 0.25) is 5.91 Å². The molecule has 5 heteroatoms. The summed E-state index contributed by atoms with van der Waals surface area (Å²) in [7, 11) is 2.02. The molecule has 1 aromatic rings. The highest BCUT2D eigenvalue weighted by molar-refractivity contribution is 7.07. The van der Waals surface area contributed by atoms with Gasteiger partial charge in [-0.1, -0.05) is 0 Å². The second kappa shape index (κ2) is 6.87. The van der Waals surface area contributed by atoms with Crippen molar-refractivity contribution in [1.82, 2.24) is 15.1 Å². The van der Waals surface area contributed by atoms with Crippen molar-refractivity contribution in [3.8, 4) is 0 Å². The average Bonchev–Trinajstić information content (AvgIpc) is 2.90. The van der Waals surface area contributed by atoms with Crippen molar-refractivity contribution in [3.63, 3.8) is 0 Å². The van der Waals surface area contributed by atoms with Gasteiger partial charge in [-0.25, -0.2) is 0 Å². The molecule has 0 saturated carbocycles. The number of hydrogen-bond donors (Lipinski definition) is 1. The Kier molecular flexibility index (Phi) is 5.16. The lowest BCUT2D eigenvalue weighted by Crippen LogP contribution is -2.49. The molecule has 0 spiro atoms. The lowest BCUT2D eigenvalue weighted by Gasteiger charge is -2.29.